The number of ether oxygens (including phenoxy) is 2. The molecule has 1 aromatic heterocycles. The van der Waals surface area contributed by atoms with Crippen molar-refractivity contribution in [3.63, 3.8) is 0 Å². The number of benzene rings is 2. The van der Waals surface area contributed by atoms with Crippen molar-refractivity contribution in [3.05, 3.63) is 89.5 Å². The fourth-order valence-corrected chi connectivity index (χ4v) is 4.86. The lowest BCUT2D eigenvalue weighted by Crippen LogP contribution is -2.20. The standard InChI is InChI=1S/C26H26F3N2O4S/c1-5-14-36(32,33)25-24(26(27,28)29)18(2)15-23(30-25)31(16-19-6-10-21(34-3)11-7-19)17-20-8-12-22(35-4)13-9-20/h5-13,15-16H,1,14,17H2,2-4H3/q+1. The lowest BCUT2D eigenvalue weighted by atomic mass is 10.1. The summed E-state index contributed by atoms with van der Waals surface area (Å²) < 4.78 is 79.2. The maximum atomic E-state index is 13.9. The van der Waals surface area contributed by atoms with Gasteiger partial charge in [0.05, 0.1) is 26.2 Å². The maximum absolute atomic E-state index is 13.9. The molecular weight excluding hydrogens is 493 g/mol. The van der Waals surface area contributed by atoms with E-state index in [0.29, 0.717) is 17.1 Å². The van der Waals surface area contributed by atoms with Crippen LogP contribution in [-0.4, -0.2) is 44.2 Å². The summed E-state index contributed by atoms with van der Waals surface area (Å²) in [5, 5.41) is -1.02. The van der Waals surface area contributed by atoms with Crippen LogP contribution in [0, 0.1) is 6.92 Å². The molecule has 36 heavy (non-hydrogen) atoms. The summed E-state index contributed by atoms with van der Waals surface area (Å²) in [4.78, 5) is 4.04. The Kier molecular flexibility index (Phi) is 8.19. The third kappa shape index (κ3) is 6.31. The molecule has 0 aliphatic heterocycles. The Balaban J connectivity index is 2.23. The van der Waals surface area contributed by atoms with Gasteiger partial charge in [-0.3, -0.25) is 0 Å². The van der Waals surface area contributed by atoms with Crippen molar-refractivity contribution in [3.8, 4) is 11.5 Å². The Hall–Kier alpha value is -3.66. The first kappa shape index (κ1) is 26.9. The van der Waals surface area contributed by atoms with E-state index in [-0.39, 0.29) is 17.9 Å². The van der Waals surface area contributed by atoms with Crippen LogP contribution in [0.25, 0.3) is 0 Å². The van der Waals surface area contributed by atoms with Gasteiger partial charge >= 0.3 is 12.0 Å². The van der Waals surface area contributed by atoms with Gasteiger partial charge in [0.25, 0.3) is 5.03 Å². The molecule has 0 fully saturated rings. The molecule has 0 spiro atoms. The predicted octanol–water partition coefficient (Wildman–Crippen LogP) is 5.35. The molecule has 0 aliphatic rings. The summed E-state index contributed by atoms with van der Waals surface area (Å²) in [5.74, 6) is 0.655. The minimum absolute atomic E-state index is 0.0507. The van der Waals surface area contributed by atoms with Crippen molar-refractivity contribution in [2.45, 2.75) is 24.7 Å². The highest BCUT2D eigenvalue weighted by molar-refractivity contribution is 7.91. The molecule has 2 aromatic carbocycles. The van der Waals surface area contributed by atoms with Crippen LogP contribution in [0.4, 0.5) is 19.0 Å². The number of nitrogens with zero attached hydrogens (tertiary/aromatic N) is 2. The number of sulfone groups is 1. The van der Waals surface area contributed by atoms with Crippen LogP contribution in [0.15, 0.2) is 72.3 Å². The third-order valence-corrected chi connectivity index (χ3v) is 6.87. The number of pyridine rings is 1. The normalized spacial score (nSPS) is 12.3. The molecule has 0 aliphatic carbocycles. The van der Waals surface area contributed by atoms with Crippen LogP contribution in [0.2, 0.25) is 0 Å². The van der Waals surface area contributed by atoms with Crippen molar-refractivity contribution >= 4 is 21.9 Å². The summed E-state index contributed by atoms with van der Waals surface area (Å²) in [7, 11) is -1.31. The molecule has 6 nitrogen and oxygen atoms in total. The molecule has 1 heterocycles. The third-order valence-electron chi connectivity index (χ3n) is 5.31. The fourth-order valence-electron chi connectivity index (χ4n) is 3.57. The number of rotatable bonds is 9. The zero-order valence-corrected chi connectivity index (χ0v) is 20.9. The second-order valence-corrected chi connectivity index (χ2v) is 9.87. The minimum Gasteiger partial charge on any atom is -0.497 e. The SMILES string of the molecule is C=CCS(=O)(=O)c1nc([N+](=Cc2ccc(OC)cc2)Cc2ccc(OC)cc2)cc(C)c1C(F)(F)F. The molecule has 0 radical (unpaired) electrons. The number of hydrogen-bond donors (Lipinski definition) is 0. The van der Waals surface area contributed by atoms with Crippen LogP contribution in [0.1, 0.15) is 22.3 Å². The van der Waals surface area contributed by atoms with E-state index < -0.39 is 32.4 Å². The summed E-state index contributed by atoms with van der Waals surface area (Å²) >= 11 is 0. The Bertz CT molecular complexity index is 1370. The van der Waals surface area contributed by atoms with Crippen LogP contribution in [0.5, 0.6) is 11.5 Å². The van der Waals surface area contributed by atoms with Crippen molar-refractivity contribution < 1.29 is 35.6 Å². The van der Waals surface area contributed by atoms with E-state index in [1.54, 1.807) is 66.4 Å². The van der Waals surface area contributed by atoms with Gasteiger partial charge in [0.1, 0.15) is 23.6 Å². The fraction of sp³-hybridized carbons (Fsp3) is 0.231. The summed E-state index contributed by atoms with van der Waals surface area (Å²) in [6, 6.07) is 15.4. The first-order valence-corrected chi connectivity index (χ1v) is 12.4. The van der Waals surface area contributed by atoms with Gasteiger partial charge in [0.2, 0.25) is 9.84 Å². The Morgan fingerprint density at radius 3 is 2.06 bits per heavy atom. The largest absolute Gasteiger partial charge is 0.497 e. The zero-order chi connectivity index (χ0) is 26.5. The van der Waals surface area contributed by atoms with E-state index in [1.165, 1.54) is 20.1 Å². The van der Waals surface area contributed by atoms with E-state index in [9.17, 15) is 21.6 Å². The zero-order valence-electron chi connectivity index (χ0n) is 20.0. The van der Waals surface area contributed by atoms with Gasteiger partial charge in [-0.25, -0.2) is 13.0 Å². The quantitative estimate of drug-likeness (QED) is 0.217. The van der Waals surface area contributed by atoms with Crippen LogP contribution < -0.4 is 9.47 Å². The summed E-state index contributed by atoms with van der Waals surface area (Å²) in [5.41, 5.74) is -0.0190. The molecule has 0 amide bonds. The molecule has 0 saturated heterocycles. The van der Waals surface area contributed by atoms with Crippen molar-refractivity contribution in [2.24, 2.45) is 0 Å². The molecular formula is C26H26F3N2O4S+. The number of aryl methyl sites for hydroxylation is 1. The lowest BCUT2D eigenvalue weighted by Gasteiger charge is -2.14. The molecule has 3 aromatic rings. The average molecular weight is 520 g/mol. The number of alkyl halides is 3. The van der Waals surface area contributed by atoms with Crippen LogP contribution >= 0.6 is 0 Å². The number of halogens is 3. The smallest absolute Gasteiger partial charge is 0.421 e. The molecule has 0 atom stereocenters. The summed E-state index contributed by atoms with van der Waals surface area (Å²) in [6.07, 6.45) is -2.18. The van der Waals surface area contributed by atoms with Crippen LogP contribution in [0.3, 0.4) is 0 Å². The molecule has 0 saturated carbocycles. The molecule has 3 rings (SSSR count). The van der Waals surface area contributed by atoms with E-state index in [4.69, 9.17) is 9.47 Å². The Morgan fingerprint density at radius 2 is 1.56 bits per heavy atom. The Morgan fingerprint density at radius 1 is 1.00 bits per heavy atom. The van der Waals surface area contributed by atoms with Gasteiger partial charge in [-0.1, -0.05) is 18.2 Å². The van der Waals surface area contributed by atoms with Crippen LogP contribution in [-0.2, 0) is 22.6 Å². The molecule has 0 bridgehead atoms. The van der Waals surface area contributed by atoms with Gasteiger partial charge < -0.3 is 9.47 Å². The van der Waals surface area contributed by atoms with E-state index in [2.05, 4.69) is 11.6 Å². The minimum atomic E-state index is -4.90. The lowest BCUT2D eigenvalue weighted by molar-refractivity contribution is -0.457. The highest BCUT2D eigenvalue weighted by atomic mass is 32.2. The predicted molar refractivity (Wildman–Crippen MR) is 131 cm³/mol. The van der Waals surface area contributed by atoms with Gasteiger partial charge in [-0.15, -0.1) is 6.58 Å². The molecule has 0 unspecified atom stereocenters. The maximum Gasteiger partial charge on any atom is 0.421 e. The van der Waals surface area contributed by atoms with E-state index in [0.717, 1.165) is 11.6 Å². The first-order valence-electron chi connectivity index (χ1n) is 10.8. The topological polar surface area (TPSA) is 68.5 Å². The van der Waals surface area contributed by atoms with Crippen molar-refractivity contribution in [2.75, 3.05) is 20.0 Å². The number of aromatic nitrogens is 1. The highest BCUT2D eigenvalue weighted by Crippen LogP contribution is 2.37. The van der Waals surface area contributed by atoms with Gasteiger partial charge in [-0.2, -0.15) is 13.2 Å². The summed E-state index contributed by atoms with van der Waals surface area (Å²) in [6.45, 7) is 4.78. The van der Waals surface area contributed by atoms with Crippen molar-refractivity contribution in [1.82, 2.24) is 4.98 Å². The highest BCUT2D eigenvalue weighted by Gasteiger charge is 2.43. The number of hydrogen-bond acceptors (Lipinski definition) is 5. The van der Waals surface area contributed by atoms with E-state index in [1.807, 2.05) is 0 Å². The molecule has 10 heteroatoms. The number of methoxy groups -OCH3 is 2. The second-order valence-electron chi connectivity index (χ2n) is 7.92. The molecule has 0 N–H and O–H groups in total. The van der Waals surface area contributed by atoms with Gasteiger partial charge in [-0.05, 0) is 59.4 Å². The molecule has 190 valence electrons. The van der Waals surface area contributed by atoms with Crippen molar-refractivity contribution in [1.29, 1.82) is 0 Å². The second kappa shape index (κ2) is 10.9. The van der Waals surface area contributed by atoms with Gasteiger partial charge in [0.15, 0.2) is 0 Å². The van der Waals surface area contributed by atoms with E-state index >= 15 is 0 Å². The van der Waals surface area contributed by atoms with Gasteiger partial charge in [0, 0.05) is 11.6 Å². The monoisotopic (exact) mass is 519 g/mol. The Labute approximate surface area is 208 Å². The first-order chi connectivity index (χ1) is 17.0. The average Bonchev–Trinajstić information content (AvgIpc) is 2.83.